The summed E-state index contributed by atoms with van der Waals surface area (Å²) in [6.07, 6.45) is 1.12. The molecule has 1 aliphatic rings. The summed E-state index contributed by atoms with van der Waals surface area (Å²) in [5.74, 6) is -3.74. The van der Waals surface area contributed by atoms with Crippen LogP contribution in [0.5, 0.6) is 5.75 Å². The number of thiazole rings is 2. The van der Waals surface area contributed by atoms with Crippen molar-refractivity contribution in [3.8, 4) is 5.75 Å². The van der Waals surface area contributed by atoms with Gasteiger partial charge in [0.05, 0.1) is 30.3 Å². The van der Waals surface area contributed by atoms with E-state index in [0.29, 0.717) is 16.5 Å². The first-order chi connectivity index (χ1) is 17.0. The summed E-state index contributed by atoms with van der Waals surface area (Å²) in [4.78, 5) is 49.2. The second-order valence-electron chi connectivity index (χ2n) is 9.80. The maximum absolute atomic E-state index is 14.2. The highest BCUT2D eigenvalue weighted by atomic mass is 32.1. The summed E-state index contributed by atoms with van der Waals surface area (Å²) in [5.41, 5.74) is 1.06. The highest BCUT2D eigenvalue weighted by molar-refractivity contribution is 7.09. The van der Waals surface area contributed by atoms with Crippen molar-refractivity contribution in [2.24, 2.45) is 5.92 Å². The Hall–Kier alpha value is -3.31. The van der Waals surface area contributed by atoms with Gasteiger partial charge in [-0.3, -0.25) is 9.59 Å². The SMILES string of the molecule is COc1cc(C(=O)N2[C@@H](c3nccs3)[C@@H](C(=O)O)C[C@@]2(Cc2cscn2)C(=O)O)ccc1C(C)(C)C. The van der Waals surface area contributed by atoms with Crippen LogP contribution < -0.4 is 4.74 Å². The van der Waals surface area contributed by atoms with Crippen molar-refractivity contribution in [1.82, 2.24) is 14.9 Å². The lowest BCUT2D eigenvalue weighted by atomic mass is 9.85. The quantitative estimate of drug-likeness (QED) is 0.464. The number of hydrogen-bond acceptors (Lipinski definition) is 8. The fraction of sp³-hybridized carbons (Fsp3) is 0.400. The zero-order valence-corrected chi connectivity index (χ0v) is 21.9. The van der Waals surface area contributed by atoms with Gasteiger partial charge in [0.15, 0.2) is 0 Å². The third kappa shape index (κ3) is 4.48. The molecule has 0 saturated carbocycles. The van der Waals surface area contributed by atoms with Crippen LogP contribution in [0.3, 0.4) is 0 Å². The Morgan fingerprint density at radius 3 is 2.50 bits per heavy atom. The van der Waals surface area contributed by atoms with Crippen LogP contribution >= 0.6 is 22.7 Å². The van der Waals surface area contributed by atoms with Gasteiger partial charge in [0.2, 0.25) is 0 Å². The average molecular weight is 530 g/mol. The Morgan fingerprint density at radius 2 is 1.97 bits per heavy atom. The lowest BCUT2D eigenvalue weighted by molar-refractivity contribution is -0.149. The highest BCUT2D eigenvalue weighted by Crippen LogP contribution is 2.50. The summed E-state index contributed by atoms with van der Waals surface area (Å²) in [7, 11) is 1.51. The van der Waals surface area contributed by atoms with Crippen LogP contribution in [-0.4, -0.2) is 55.6 Å². The molecule has 3 aromatic rings. The lowest BCUT2D eigenvalue weighted by Crippen LogP contribution is -2.55. The van der Waals surface area contributed by atoms with E-state index in [4.69, 9.17) is 4.74 Å². The summed E-state index contributed by atoms with van der Waals surface area (Å²) < 4.78 is 5.57. The van der Waals surface area contributed by atoms with Gasteiger partial charge in [0.1, 0.15) is 16.3 Å². The van der Waals surface area contributed by atoms with E-state index in [9.17, 15) is 24.6 Å². The van der Waals surface area contributed by atoms with Gasteiger partial charge < -0.3 is 19.8 Å². The minimum Gasteiger partial charge on any atom is -0.496 e. The van der Waals surface area contributed by atoms with E-state index < -0.39 is 35.3 Å². The predicted molar refractivity (Wildman–Crippen MR) is 135 cm³/mol. The molecule has 3 heterocycles. The zero-order chi connectivity index (χ0) is 26.3. The second kappa shape index (κ2) is 9.62. The molecule has 1 fully saturated rings. The van der Waals surface area contributed by atoms with Crippen molar-refractivity contribution in [2.75, 3.05) is 7.11 Å². The second-order valence-corrected chi connectivity index (χ2v) is 11.4. The summed E-state index contributed by atoms with van der Waals surface area (Å²) in [6.45, 7) is 6.06. The number of ether oxygens (including phenoxy) is 1. The fourth-order valence-corrected chi connectivity index (χ4v) is 6.21. The maximum Gasteiger partial charge on any atom is 0.330 e. The number of carbonyl (C=O) groups excluding carboxylic acids is 1. The van der Waals surface area contributed by atoms with Gasteiger partial charge in [-0.05, 0) is 29.5 Å². The Kier molecular flexibility index (Phi) is 6.89. The molecule has 190 valence electrons. The van der Waals surface area contributed by atoms with Gasteiger partial charge in [-0.2, -0.15) is 0 Å². The van der Waals surface area contributed by atoms with E-state index in [1.165, 1.54) is 40.9 Å². The minimum atomic E-state index is -1.83. The molecule has 36 heavy (non-hydrogen) atoms. The molecule has 9 nitrogen and oxygen atoms in total. The van der Waals surface area contributed by atoms with Crippen LogP contribution in [0.1, 0.15) is 59.9 Å². The van der Waals surface area contributed by atoms with Crippen molar-refractivity contribution in [2.45, 2.75) is 50.6 Å². The number of aliphatic carboxylic acids is 2. The van der Waals surface area contributed by atoms with Crippen LogP contribution in [0.15, 0.2) is 40.7 Å². The third-order valence-corrected chi connectivity index (χ3v) is 8.01. The molecule has 4 rings (SSSR count). The van der Waals surface area contributed by atoms with Gasteiger partial charge in [-0.1, -0.05) is 26.8 Å². The van der Waals surface area contributed by atoms with E-state index in [1.807, 2.05) is 20.8 Å². The first kappa shape index (κ1) is 25.8. The number of benzene rings is 1. The molecular weight excluding hydrogens is 502 g/mol. The van der Waals surface area contributed by atoms with Crippen molar-refractivity contribution < 1.29 is 29.3 Å². The summed E-state index contributed by atoms with van der Waals surface area (Å²) in [5, 5.41) is 24.4. The molecular formula is C25H27N3O6S2. The molecule has 2 N–H and O–H groups in total. The first-order valence-electron chi connectivity index (χ1n) is 11.2. The minimum absolute atomic E-state index is 0.125. The Morgan fingerprint density at radius 1 is 1.22 bits per heavy atom. The summed E-state index contributed by atoms with van der Waals surface area (Å²) in [6, 6.07) is 3.95. The van der Waals surface area contributed by atoms with Gasteiger partial charge in [-0.25, -0.2) is 14.8 Å². The number of carboxylic acids is 2. The molecule has 1 amide bonds. The number of rotatable bonds is 7. The molecule has 0 unspecified atom stereocenters. The monoisotopic (exact) mass is 529 g/mol. The smallest absolute Gasteiger partial charge is 0.330 e. The molecule has 0 aliphatic carbocycles. The highest BCUT2D eigenvalue weighted by Gasteiger charge is 2.61. The predicted octanol–water partition coefficient (Wildman–Crippen LogP) is 4.26. The fourth-order valence-electron chi connectivity index (χ4n) is 4.86. The van der Waals surface area contributed by atoms with Crippen molar-refractivity contribution in [1.29, 1.82) is 0 Å². The van der Waals surface area contributed by atoms with Crippen LogP contribution in [0.2, 0.25) is 0 Å². The largest absolute Gasteiger partial charge is 0.496 e. The van der Waals surface area contributed by atoms with Crippen molar-refractivity contribution in [3.05, 3.63) is 62.5 Å². The Balaban J connectivity index is 1.91. The van der Waals surface area contributed by atoms with Gasteiger partial charge >= 0.3 is 11.9 Å². The van der Waals surface area contributed by atoms with Gasteiger partial charge in [0, 0.05) is 28.9 Å². The maximum atomic E-state index is 14.2. The number of likely N-dealkylation sites (tertiary alicyclic amines) is 1. The normalized spacial score (nSPS) is 21.9. The number of hydrogen-bond donors (Lipinski definition) is 2. The van der Waals surface area contributed by atoms with Gasteiger partial charge in [-0.15, -0.1) is 22.7 Å². The Labute approximate surface area is 216 Å². The van der Waals surface area contributed by atoms with E-state index in [-0.39, 0.29) is 23.8 Å². The molecule has 1 aliphatic heterocycles. The number of nitrogens with zero attached hydrogens (tertiary/aromatic N) is 3. The number of carbonyl (C=O) groups is 3. The van der Waals surface area contributed by atoms with Crippen LogP contribution in [0, 0.1) is 5.92 Å². The van der Waals surface area contributed by atoms with Crippen molar-refractivity contribution >= 4 is 40.5 Å². The number of carboxylic acid groups (broad SMARTS) is 2. The standard InChI is InChI=1S/C25H27N3O6S2/c1-24(2,3)17-6-5-14(9-18(17)34-4)21(29)28-19(20-26-7-8-36-20)16(22(30)31)11-25(28,23(32)33)10-15-12-35-13-27-15/h5-9,12-13,16,19H,10-11H2,1-4H3,(H,30,31)(H,32,33)/t16-,19+,25-/m0/s1. The molecule has 3 atom stereocenters. The summed E-state index contributed by atoms with van der Waals surface area (Å²) >= 11 is 2.50. The lowest BCUT2D eigenvalue weighted by Gasteiger charge is -2.37. The molecule has 0 bridgehead atoms. The van der Waals surface area contributed by atoms with Crippen LogP contribution in [0.25, 0.3) is 0 Å². The topological polar surface area (TPSA) is 130 Å². The molecule has 0 radical (unpaired) electrons. The van der Waals surface area contributed by atoms with Crippen molar-refractivity contribution in [3.63, 3.8) is 0 Å². The molecule has 1 aromatic carbocycles. The van der Waals surface area contributed by atoms with Gasteiger partial charge in [0.25, 0.3) is 5.91 Å². The molecule has 2 aromatic heterocycles. The van der Waals surface area contributed by atoms with E-state index >= 15 is 0 Å². The van der Waals surface area contributed by atoms with E-state index in [1.54, 1.807) is 34.5 Å². The average Bonchev–Trinajstić information content (AvgIpc) is 3.58. The molecule has 1 saturated heterocycles. The zero-order valence-electron chi connectivity index (χ0n) is 20.3. The number of amides is 1. The van der Waals surface area contributed by atoms with Crippen LogP contribution in [-0.2, 0) is 21.4 Å². The van der Waals surface area contributed by atoms with E-state index in [2.05, 4.69) is 9.97 Å². The molecule has 0 spiro atoms. The van der Waals surface area contributed by atoms with Crippen LogP contribution in [0.4, 0.5) is 0 Å². The third-order valence-electron chi connectivity index (χ3n) is 6.53. The van der Waals surface area contributed by atoms with E-state index in [0.717, 1.165) is 5.56 Å². The Bertz CT molecular complexity index is 1270. The molecule has 11 heteroatoms. The number of aromatic nitrogens is 2. The first-order valence-corrected chi connectivity index (χ1v) is 13.1. The number of methoxy groups -OCH3 is 1.